The number of benzene rings is 1. The fourth-order valence-corrected chi connectivity index (χ4v) is 2.55. The van der Waals surface area contributed by atoms with E-state index in [0.29, 0.717) is 33.6 Å². The Morgan fingerprint density at radius 3 is 2.74 bits per heavy atom. The second kappa shape index (κ2) is 7.09. The van der Waals surface area contributed by atoms with E-state index >= 15 is 0 Å². The molecule has 0 unspecified atom stereocenters. The van der Waals surface area contributed by atoms with Crippen molar-refractivity contribution in [3.8, 4) is 6.07 Å². The first-order chi connectivity index (χ1) is 12.9. The van der Waals surface area contributed by atoms with Crippen molar-refractivity contribution in [3.05, 3.63) is 70.7 Å². The summed E-state index contributed by atoms with van der Waals surface area (Å²) < 4.78 is 5.13. The van der Waals surface area contributed by atoms with Gasteiger partial charge in [-0.05, 0) is 43.2 Å². The maximum atomic E-state index is 12.6. The molecule has 0 aliphatic carbocycles. The molecule has 1 amide bonds. The van der Waals surface area contributed by atoms with Crippen LogP contribution >= 0.6 is 0 Å². The highest BCUT2D eigenvalue weighted by molar-refractivity contribution is 6.12. The van der Waals surface area contributed by atoms with Crippen molar-refractivity contribution < 1.29 is 9.21 Å². The zero-order chi connectivity index (χ0) is 19.6. The molecule has 0 saturated heterocycles. The lowest BCUT2D eigenvalue weighted by Gasteiger charge is -2.12. The van der Waals surface area contributed by atoms with E-state index in [0.717, 1.165) is 0 Å². The monoisotopic (exact) mass is 360 g/mol. The highest BCUT2D eigenvalue weighted by atomic mass is 16.3. The molecule has 8 nitrogen and oxygen atoms in total. The summed E-state index contributed by atoms with van der Waals surface area (Å²) in [5, 5.41) is 20.0. The molecule has 4 N–H and O–H groups in total. The van der Waals surface area contributed by atoms with Gasteiger partial charge in [0.15, 0.2) is 0 Å². The molecule has 1 aromatic carbocycles. The third-order valence-electron chi connectivity index (χ3n) is 4.21. The van der Waals surface area contributed by atoms with Crippen molar-refractivity contribution >= 4 is 23.0 Å². The number of carbonyl (C=O) groups is 1. The molecular weight excluding hydrogens is 344 g/mol. The highest BCUT2D eigenvalue weighted by Gasteiger charge is 2.17. The normalized spacial score (nSPS) is 10.3. The van der Waals surface area contributed by atoms with Crippen LogP contribution in [-0.2, 0) is 0 Å². The van der Waals surface area contributed by atoms with Gasteiger partial charge in [-0.25, -0.2) is 9.97 Å². The van der Waals surface area contributed by atoms with Crippen LogP contribution < -0.4 is 11.1 Å². The van der Waals surface area contributed by atoms with Crippen LogP contribution in [0.2, 0.25) is 0 Å². The number of amides is 1. The van der Waals surface area contributed by atoms with E-state index in [1.54, 1.807) is 32.0 Å². The number of hydrogen-bond acceptors (Lipinski definition) is 7. The summed E-state index contributed by atoms with van der Waals surface area (Å²) in [5.41, 5.74) is 9.16. The SMILES string of the molecule is Cc1c(C#N)cnc(C(=O)Nc2ccc(N)c(C(=N)c3ncco3)c2)c1C. The second-order valence-corrected chi connectivity index (χ2v) is 5.85. The predicted octanol–water partition coefficient (Wildman–Crippen LogP) is 2.81. The third kappa shape index (κ3) is 3.39. The Labute approximate surface area is 155 Å². The lowest BCUT2D eigenvalue weighted by molar-refractivity contribution is 0.102. The number of rotatable bonds is 4. The summed E-state index contributed by atoms with van der Waals surface area (Å²) in [4.78, 5) is 20.6. The number of pyridine rings is 1. The van der Waals surface area contributed by atoms with Gasteiger partial charge in [-0.1, -0.05) is 0 Å². The smallest absolute Gasteiger partial charge is 0.274 e. The minimum atomic E-state index is -0.418. The molecule has 0 spiro atoms. The van der Waals surface area contributed by atoms with E-state index in [4.69, 9.17) is 20.8 Å². The summed E-state index contributed by atoms with van der Waals surface area (Å²) in [6.07, 6.45) is 4.19. The summed E-state index contributed by atoms with van der Waals surface area (Å²) >= 11 is 0. The van der Waals surface area contributed by atoms with Crippen molar-refractivity contribution in [2.24, 2.45) is 0 Å². The molecule has 0 atom stereocenters. The van der Waals surface area contributed by atoms with E-state index in [1.807, 2.05) is 6.07 Å². The van der Waals surface area contributed by atoms with Crippen LogP contribution in [0.15, 0.2) is 41.3 Å². The van der Waals surface area contributed by atoms with Gasteiger partial charge in [0.05, 0.1) is 11.8 Å². The Bertz CT molecular complexity index is 1080. The van der Waals surface area contributed by atoms with Crippen LogP contribution in [0.1, 0.15) is 38.6 Å². The van der Waals surface area contributed by atoms with Crippen LogP contribution in [-0.4, -0.2) is 21.6 Å². The van der Waals surface area contributed by atoms with Crippen LogP contribution in [0, 0.1) is 30.6 Å². The lowest BCUT2D eigenvalue weighted by atomic mass is 10.0. The van der Waals surface area contributed by atoms with Crippen LogP contribution in [0.4, 0.5) is 11.4 Å². The summed E-state index contributed by atoms with van der Waals surface area (Å²) in [6, 6.07) is 6.84. The molecule has 2 heterocycles. The quantitative estimate of drug-likeness (QED) is 0.482. The van der Waals surface area contributed by atoms with E-state index in [9.17, 15) is 4.79 Å². The van der Waals surface area contributed by atoms with Crippen molar-refractivity contribution in [1.82, 2.24) is 9.97 Å². The first kappa shape index (κ1) is 17.8. The maximum absolute atomic E-state index is 12.6. The van der Waals surface area contributed by atoms with Gasteiger partial charge in [-0.3, -0.25) is 10.2 Å². The number of oxazole rings is 1. The molecule has 0 radical (unpaired) electrons. The maximum Gasteiger partial charge on any atom is 0.274 e. The standard InChI is InChI=1S/C19H16N6O2/c1-10-11(2)17(24-9-12(10)8-20)18(26)25-13-3-4-15(21)14(7-13)16(22)19-23-5-6-27-19/h3-7,9,22H,21H2,1-2H3,(H,25,26). The molecule has 0 aliphatic rings. The molecule has 0 bridgehead atoms. The average Bonchev–Trinajstić information content (AvgIpc) is 3.19. The molecule has 3 rings (SSSR count). The number of nitrogen functional groups attached to an aromatic ring is 1. The second-order valence-electron chi connectivity index (χ2n) is 5.85. The van der Waals surface area contributed by atoms with Crippen molar-refractivity contribution in [1.29, 1.82) is 10.7 Å². The number of nitrogens with zero attached hydrogens (tertiary/aromatic N) is 3. The molecule has 134 valence electrons. The number of nitrogens with two attached hydrogens (primary N) is 1. The molecule has 0 fully saturated rings. The van der Waals surface area contributed by atoms with E-state index < -0.39 is 5.91 Å². The Kier molecular flexibility index (Phi) is 4.68. The number of carbonyl (C=O) groups excluding carboxylic acids is 1. The van der Waals surface area contributed by atoms with E-state index in [2.05, 4.69) is 15.3 Å². The minimum absolute atomic E-state index is 0.0112. The van der Waals surface area contributed by atoms with Gasteiger partial charge >= 0.3 is 0 Å². The minimum Gasteiger partial charge on any atom is -0.443 e. The molecule has 0 saturated carbocycles. The lowest BCUT2D eigenvalue weighted by Crippen LogP contribution is -2.17. The molecule has 0 aliphatic heterocycles. The molecular formula is C19H16N6O2. The molecule has 8 heteroatoms. The van der Waals surface area contributed by atoms with Gasteiger partial charge in [0.25, 0.3) is 5.91 Å². The Balaban J connectivity index is 1.90. The van der Waals surface area contributed by atoms with Gasteiger partial charge in [0.2, 0.25) is 5.89 Å². The largest absolute Gasteiger partial charge is 0.443 e. The fraction of sp³-hybridized carbons (Fsp3) is 0.105. The topological polar surface area (TPSA) is 142 Å². The van der Waals surface area contributed by atoms with E-state index in [1.165, 1.54) is 18.7 Å². The Hall–Kier alpha value is -3.99. The van der Waals surface area contributed by atoms with Gasteiger partial charge in [-0.15, -0.1) is 0 Å². The van der Waals surface area contributed by atoms with Crippen LogP contribution in [0.25, 0.3) is 0 Å². The average molecular weight is 360 g/mol. The first-order valence-corrected chi connectivity index (χ1v) is 7.98. The summed E-state index contributed by atoms with van der Waals surface area (Å²) in [6.45, 7) is 3.51. The van der Waals surface area contributed by atoms with Gasteiger partial charge < -0.3 is 15.5 Å². The zero-order valence-electron chi connectivity index (χ0n) is 14.7. The van der Waals surface area contributed by atoms with Crippen molar-refractivity contribution in [2.45, 2.75) is 13.8 Å². The van der Waals surface area contributed by atoms with E-state index in [-0.39, 0.29) is 17.3 Å². The van der Waals surface area contributed by atoms with Crippen molar-refractivity contribution in [3.63, 3.8) is 0 Å². The third-order valence-corrected chi connectivity index (χ3v) is 4.21. The molecule has 3 aromatic rings. The summed E-state index contributed by atoms with van der Waals surface area (Å²) in [7, 11) is 0. The number of aromatic nitrogens is 2. The molecule has 2 aromatic heterocycles. The number of nitrogens with one attached hydrogen (secondary N) is 2. The van der Waals surface area contributed by atoms with Gasteiger partial charge in [-0.2, -0.15) is 5.26 Å². The number of nitriles is 1. The van der Waals surface area contributed by atoms with Gasteiger partial charge in [0, 0.05) is 23.1 Å². The fourth-order valence-electron chi connectivity index (χ4n) is 2.55. The summed E-state index contributed by atoms with van der Waals surface area (Å²) in [5.74, 6) is -0.288. The van der Waals surface area contributed by atoms with Crippen LogP contribution in [0.5, 0.6) is 0 Å². The highest BCUT2D eigenvalue weighted by Crippen LogP contribution is 2.22. The Morgan fingerprint density at radius 2 is 2.07 bits per heavy atom. The zero-order valence-corrected chi connectivity index (χ0v) is 14.7. The number of anilines is 2. The van der Waals surface area contributed by atoms with Crippen LogP contribution in [0.3, 0.4) is 0 Å². The predicted molar refractivity (Wildman–Crippen MR) is 99.7 cm³/mol. The van der Waals surface area contributed by atoms with Gasteiger partial charge in [0.1, 0.15) is 23.7 Å². The molecule has 27 heavy (non-hydrogen) atoms. The first-order valence-electron chi connectivity index (χ1n) is 7.98. The number of hydrogen-bond donors (Lipinski definition) is 3. The Morgan fingerprint density at radius 1 is 1.30 bits per heavy atom. The van der Waals surface area contributed by atoms with Crippen molar-refractivity contribution in [2.75, 3.05) is 11.1 Å².